The Bertz CT molecular complexity index is 569. The first-order chi connectivity index (χ1) is 10.6. The SMILES string of the molecule is O=C(O)[C@@H]1CCCN(C(=O)C[C@H]2CCCc3ccccc32)C1. The number of fused-ring (bicyclic) bond motifs is 1. The first kappa shape index (κ1) is 15.1. The normalized spacial score (nSPS) is 24.6. The average Bonchev–Trinajstić information content (AvgIpc) is 2.55. The molecule has 0 aromatic heterocycles. The average molecular weight is 301 g/mol. The Labute approximate surface area is 131 Å². The molecule has 4 heteroatoms. The number of nitrogens with zero attached hydrogens (tertiary/aromatic N) is 1. The third-order valence-corrected chi connectivity index (χ3v) is 5.04. The molecule has 0 spiro atoms. The van der Waals surface area contributed by atoms with Crippen molar-refractivity contribution in [1.29, 1.82) is 0 Å². The summed E-state index contributed by atoms with van der Waals surface area (Å²) in [6.45, 7) is 1.08. The molecule has 1 aromatic rings. The first-order valence-corrected chi connectivity index (χ1v) is 8.23. The topological polar surface area (TPSA) is 57.6 Å². The molecular weight excluding hydrogens is 278 g/mol. The van der Waals surface area contributed by atoms with Gasteiger partial charge in [0.1, 0.15) is 0 Å². The molecule has 118 valence electrons. The zero-order chi connectivity index (χ0) is 15.5. The van der Waals surface area contributed by atoms with Gasteiger partial charge in [-0.1, -0.05) is 24.3 Å². The Hall–Kier alpha value is -1.84. The predicted octanol–water partition coefficient (Wildman–Crippen LogP) is 2.82. The summed E-state index contributed by atoms with van der Waals surface area (Å²) in [5.41, 5.74) is 2.68. The van der Waals surface area contributed by atoms with Crippen molar-refractivity contribution in [3.05, 3.63) is 35.4 Å². The van der Waals surface area contributed by atoms with Crippen molar-refractivity contribution >= 4 is 11.9 Å². The van der Waals surface area contributed by atoms with Crippen molar-refractivity contribution in [1.82, 2.24) is 4.90 Å². The second kappa shape index (κ2) is 6.51. The number of carboxylic acids is 1. The van der Waals surface area contributed by atoms with Crippen LogP contribution in [0, 0.1) is 5.92 Å². The minimum atomic E-state index is -0.777. The molecule has 2 atom stereocenters. The molecule has 1 aliphatic carbocycles. The first-order valence-electron chi connectivity index (χ1n) is 8.23. The summed E-state index contributed by atoms with van der Waals surface area (Å²) < 4.78 is 0. The summed E-state index contributed by atoms with van der Waals surface area (Å²) in [6, 6.07) is 8.41. The molecule has 4 nitrogen and oxygen atoms in total. The summed E-state index contributed by atoms with van der Waals surface area (Å²) in [4.78, 5) is 25.5. The van der Waals surface area contributed by atoms with E-state index in [-0.39, 0.29) is 5.91 Å². The van der Waals surface area contributed by atoms with Crippen LogP contribution in [0.5, 0.6) is 0 Å². The molecule has 0 bridgehead atoms. The van der Waals surface area contributed by atoms with Gasteiger partial charge in [0.2, 0.25) is 5.91 Å². The van der Waals surface area contributed by atoms with Crippen LogP contribution in [-0.4, -0.2) is 35.0 Å². The van der Waals surface area contributed by atoms with Crippen LogP contribution in [-0.2, 0) is 16.0 Å². The second-order valence-corrected chi connectivity index (χ2v) is 6.51. The summed E-state index contributed by atoms with van der Waals surface area (Å²) in [7, 11) is 0. The molecular formula is C18H23NO3. The number of aliphatic carboxylic acids is 1. The van der Waals surface area contributed by atoms with Gasteiger partial charge in [0.25, 0.3) is 0 Å². The van der Waals surface area contributed by atoms with Gasteiger partial charge < -0.3 is 10.0 Å². The van der Waals surface area contributed by atoms with E-state index in [4.69, 9.17) is 5.11 Å². The number of hydrogen-bond donors (Lipinski definition) is 1. The van der Waals surface area contributed by atoms with Crippen LogP contribution in [0.2, 0.25) is 0 Å². The number of aryl methyl sites for hydroxylation is 1. The minimum absolute atomic E-state index is 0.118. The lowest BCUT2D eigenvalue weighted by Gasteiger charge is -2.33. The van der Waals surface area contributed by atoms with Crippen LogP contribution in [0.4, 0.5) is 0 Å². The van der Waals surface area contributed by atoms with Gasteiger partial charge in [0.15, 0.2) is 0 Å². The number of carboxylic acid groups (broad SMARTS) is 1. The lowest BCUT2D eigenvalue weighted by Crippen LogP contribution is -2.42. The number of likely N-dealkylation sites (tertiary alicyclic amines) is 1. The number of benzene rings is 1. The highest BCUT2D eigenvalue weighted by Gasteiger charge is 2.30. The number of carbonyl (C=O) groups excluding carboxylic acids is 1. The molecule has 1 saturated heterocycles. The van der Waals surface area contributed by atoms with Gasteiger partial charge in [-0.3, -0.25) is 9.59 Å². The highest BCUT2D eigenvalue weighted by atomic mass is 16.4. The van der Waals surface area contributed by atoms with E-state index in [1.54, 1.807) is 4.90 Å². The van der Waals surface area contributed by atoms with Gasteiger partial charge in [0, 0.05) is 19.5 Å². The Morgan fingerprint density at radius 2 is 2.00 bits per heavy atom. The van der Waals surface area contributed by atoms with Crippen LogP contribution in [0.25, 0.3) is 0 Å². The zero-order valence-corrected chi connectivity index (χ0v) is 12.8. The third-order valence-electron chi connectivity index (χ3n) is 5.04. The van der Waals surface area contributed by atoms with Crippen molar-refractivity contribution in [2.75, 3.05) is 13.1 Å². The van der Waals surface area contributed by atoms with Gasteiger partial charge in [0.05, 0.1) is 5.92 Å². The molecule has 1 aliphatic heterocycles. The molecule has 0 saturated carbocycles. The maximum Gasteiger partial charge on any atom is 0.308 e. The number of hydrogen-bond acceptors (Lipinski definition) is 2. The van der Waals surface area contributed by atoms with E-state index in [0.717, 1.165) is 25.7 Å². The summed E-state index contributed by atoms with van der Waals surface area (Å²) in [5.74, 6) is -0.757. The smallest absolute Gasteiger partial charge is 0.308 e. The highest BCUT2D eigenvalue weighted by Crippen LogP contribution is 2.34. The van der Waals surface area contributed by atoms with Gasteiger partial charge in [-0.05, 0) is 49.1 Å². The fourth-order valence-corrected chi connectivity index (χ4v) is 3.81. The maximum absolute atomic E-state index is 12.6. The fourth-order valence-electron chi connectivity index (χ4n) is 3.81. The maximum atomic E-state index is 12.6. The highest BCUT2D eigenvalue weighted by molar-refractivity contribution is 5.79. The van der Waals surface area contributed by atoms with E-state index in [9.17, 15) is 9.59 Å². The van der Waals surface area contributed by atoms with Gasteiger partial charge in [-0.25, -0.2) is 0 Å². The molecule has 22 heavy (non-hydrogen) atoms. The second-order valence-electron chi connectivity index (χ2n) is 6.51. The number of carbonyl (C=O) groups is 2. The quantitative estimate of drug-likeness (QED) is 0.934. The van der Waals surface area contributed by atoms with Crippen molar-refractivity contribution < 1.29 is 14.7 Å². The molecule has 1 aromatic carbocycles. The molecule has 0 unspecified atom stereocenters. The zero-order valence-electron chi connectivity index (χ0n) is 12.8. The summed E-state index contributed by atoms with van der Waals surface area (Å²) in [5, 5.41) is 9.15. The van der Waals surface area contributed by atoms with E-state index in [1.807, 2.05) is 6.07 Å². The molecule has 1 N–H and O–H groups in total. The lowest BCUT2D eigenvalue weighted by atomic mass is 9.81. The van der Waals surface area contributed by atoms with E-state index in [0.29, 0.717) is 31.8 Å². The van der Waals surface area contributed by atoms with Gasteiger partial charge in [-0.15, -0.1) is 0 Å². The fraction of sp³-hybridized carbons (Fsp3) is 0.556. The van der Waals surface area contributed by atoms with E-state index in [2.05, 4.69) is 18.2 Å². The molecule has 1 heterocycles. The van der Waals surface area contributed by atoms with Crippen molar-refractivity contribution in [2.45, 2.75) is 44.4 Å². The minimum Gasteiger partial charge on any atom is -0.481 e. The molecule has 1 fully saturated rings. The Balaban J connectivity index is 1.66. The molecule has 0 radical (unpaired) electrons. The monoisotopic (exact) mass is 301 g/mol. The Morgan fingerprint density at radius 1 is 1.18 bits per heavy atom. The van der Waals surface area contributed by atoms with Crippen LogP contribution in [0.1, 0.15) is 49.1 Å². The van der Waals surface area contributed by atoms with Crippen molar-refractivity contribution in [2.24, 2.45) is 5.92 Å². The van der Waals surface area contributed by atoms with Gasteiger partial charge >= 0.3 is 5.97 Å². The molecule has 2 aliphatic rings. The van der Waals surface area contributed by atoms with Crippen LogP contribution < -0.4 is 0 Å². The number of rotatable bonds is 3. The molecule has 3 rings (SSSR count). The summed E-state index contributed by atoms with van der Waals surface area (Å²) in [6.07, 6.45) is 5.29. The standard InChI is InChI=1S/C18H23NO3/c20-17(19-10-4-8-15(12-19)18(21)22)11-14-7-3-6-13-5-1-2-9-16(13)14/h1-2,5,9,14-15H,3-4,6-8,10-12H2,(H,21,22)/t14-,15-/m1/s1. The molecule has 1 amide bonds. The Kier molecular flexibility index (Phi) is 4.46. The largest absolute Gasteiger partial charge is 0.481 e. The van der Waals surface area contributed by atoms with E-state index < -0.39 is 11.9 Å². The van der Waals surface area contributed by atoms with Crippen LogP contribution in [0.15, 0.2) is 24.3 Å². The van der Waals surface area contributed by atoms with Crippen LogP contribution in [0.3, 0.4) is 0 Å². The Morgan fingerprint density at radius 3 is 2.82 bits per heavy atom. The predicted molar refractivity (Wildman–Crippen MR) is 83.7 cm³/mol. The number of piperidine rings is 1. The van der Waals surface area contributed by atoms with E-state index in [1.165, 1.54) is 11.1 Å². The summed E-state index contributed by atoms with van der Waals surface area (Å²) >= 11 is 0. The number of amides is 1. The lowest BCUT2D eigenvalue weighted by molar-refractivity contribution is -0.145. The van der Waals surface area contributed by atoms with Gasteiger partial charge in [-0.2, -0.15) is 0 Å². The van der Waals surface area contributed by atoms with E-state index >= 15 is 0 Å². The van der Waals surface area contributed by atoms with Crippen molar-refractivity contribution in [3.63, 3.8) is 0 Å². The van der Waals surface area contributed by atoms with Crippen LogP contribution >= 0.6 is 0 Å². The third kappa shape index (κ3) is 3.16. The van der Waals surface area contributed by atoms with Crippen molar-refractivity contribution in [3.8, 4) is 0 Å².